The van der Waals surface area contributed by atoms with Gasteiger partial charge >= 0.3 is 5.97 Å². The predicted octanol–water partition coefficient (Wildman–Crippen LogP) is 2.80. The number of hydrogen-bond donors (Lipinski definition) is 0. The van der Waals surface area contributed by atoms with E-state index in [1.54, 1.807) is 0 Å². The van der Waals surface area contributed by atoms with Crippen molar-refractivity contribution < 1.29 is 9.53 Å². The van der Waals surface area contributed by atoms with E-state index in [4.69, 9.17) is 12.6 Å². The topological polar surface area (TPSA) is 29.5 Å². The minimum atomic E-state index is -0.331. The molecule has 108 valence electrons. The van der Waals surface area contributed by atoms with Crippen LogP contribution in [0.3, 0.4) is 0 Å². The molecule has 1 heterocycles. The Morgan fingerprint density at radius 1 is 1.40 bits per heavy atom. The van der Waals surface area contributed by atoms with Crippen LogP contribution in [0.15, 0.2) is 0 Å². The predicted molar refractivity (Wildman–Crippen MR) is 85.7 cm³/mol. The number of esters is 1. The second-order valence-electron chi connectivity index (χ2n) is 5.34. The molecule has 1 aromatic heterocycles. The molecular weight excluding hydrogens is 269 g/mol. The Balaban J connectivity index is 2.32. The zero-order valence-electron chi connectivity index (χ0n) is 12.6. The normalized spacial score (nSPS) is 16.1. The average Bonchev–Trinajstić information content (AvgIpc) is 2.75. The summed E-state index contributed by atoms with van der Waals surface area (Å²) in [6, 6.07) is 0.580. The van der Waals surface area contributed by atoms with E-state index in [9.17, 15) is 4.79 Å². The second kappa shape index (κ2) is 6.66. The van der Waals surface area contributed by atoms with Crippen LogP contribution in [-0.4, -0.2) is 33.5 Å². The number of methoxy groups -OCH3 is 1. The van der Waals surface area contributed by atoms with Crippen molar-refractivity contribution >= 4 is 34.9 Å². The SMILES string of the molecule is [B]c1sc(N(CC)C2CCCCC2)c(C)c1C(=O)OC. The maximum Gasteiger partial charge on any atom is 0.338 e. The van der Waals surface area contributed by atoms with Crippen LogP contribution in [0.4, 0.5) is 5.00 Å². The minimum absolute atomic E-state index is 0.331. The first-order chi connectivity index (χ1) is 9.60. The van der Waals surface area contributed by atoms with E-state index in [2.05, 4.69) is 11.8 Å². The third-order valence-corrected chi connectivity index (χ3v) is 5.31. The Labute approximate surface area is 126 Å². The van der Waals surface area contributed by atoms with Gasteiger partial charge in [0.2, 0.25) is 0 Å². The summed E-state index contributed by atoms with van der Waals surface area (Å²) in [6.07, 6.45) is 6.40. The maximum absolute atomic E-state index is 11.8. The second-order valence-corrected chi connectivity index (χ2v) is 6.37. The monoisotopic (exact) mass is 291 g/mol. The molecule has 1 fully saturated rings. The van der Waals surface area contributed by atoms with Gasteiger partial charge in [0.25, 0.3) is 0 Å². The van der Waals surface area contributed by atoms with E-state index in [-0.39, 0.29) is 5.97 Å². The van der Waals surface area contributed by atoms with Crippen molar-refractivity contribution in [1.29, 1.82) is 0 Å². The molecule has 3 nitrogen and oxygen atoms in total. The highest BCUT2D eigenvalue weighted by Gasteiger charge is 2.26. The molecule has 0 saturated heterocycles. The third kappa shape index (κ3) is 2.87. The van der Waals surface area contributed by atoms with Crippen molar-refractivity contribution in [2.24, 2.45) is 0 Å². The lowest BCUT2D eigenvalue weighted by Gasteiger charge is -2.35. The molecule has 0 aliphatic heterocycles. The van der Waals surface area contributed by atoms with Crippen LogP contribution in [0.25, 0.3) is 0 Å². The van der Waals surface area contributed by atoms with Gasteiger partial charge in [-0.1, -0.05) is 19.3 Å². The van der Waals surface area contributed by atoms with Crippen LogP contribution in [0, 0.1) is 6.92 Å². The van der Waals surface area contributed by atoms with E-state index in [0.717, 1.165) is 17.1 Å². The molecule has 20 heavy (non-hydrogen) atoms. The average molecular weight is 291 g/mol. The van der Waals surface area contributed by atoms with Gasteiger partial charge in [-0.15, -0.1) is 11.3 Å². The summed E-state index contributed by atoms with van der Waals surface area (Å²) in [6.45, 7) is 5.09. The number of nitrogens with zero attached hydrogens (tertiary/aromatic N) is 1. The van der Waals surface area contributed by atoms with E-state index in [1.807, 2.05) is 6.92 Å². The van der Waals surface area contributed by atoms with Crippen molar-refractivity contribution in [3.8, 4) is 0 Å². The Morgan fingerprint density at radius 3 is 2.60 bits per heavy atom. The summed E-state index contributed by atoms with van der Waals surface area (Å²) in [5.41, 5.74) is 1.51. The number of carbonyl (C=O) groups is 1. The number of thiophene rings is 1. The van der Waals surface area contributed by atoms with Gasteiger partial charge in [0.15, 0.2) is 0 Å². The number of anilines is 1. The Morgan fingerprint density at radius 2 is 2.05 bits per heavy atom. The Bertz CT molecular complexity index is 480. The largest absolute Gasteiger partial charge is 0.465 e. The number of hydrogen-bond acceptors (Lipinski definition) is 4. The molecule has 0 amide bonds. The van der Waals surface area contributed by atoms with Gasteiger partial charge in [-0.2, -0.15) is 0 Å². The molecular formula is C15H22BNO2S. The summed E-state index contributed by atoms with van der Waals surface area (Å²) in [5.74, 6) is -0.331. The number of rotatable bonds is 4. The quantitative estimate of drug-likeness (QED) is 0.631. The molecule has 0 bridgehead atoms. The van der Waals surface area contributed by atoms with Crippen LogP contribution in [0.2, 0.25) is 0 Å². The number of carbonyl (C=O) groups excluding carboxylic acids is 1. The first-order valence-electron chi connectivity index (χ1n) is 7.34. The van der Waals surface area contributed by atoms with Gasteiger partial charge in [-0.3, -0.25) is 0 Å². The van der Waals surface area contributed by atoms with Gasteiger partial charge in [0, 0.05) is 12.6 Å². The molecule has 1 aliphatic rings. The lowest BCUT2D eigenvalue weighted by atomic mass is 9.94. The van der Waals surface area contributed by atoms with Crippen LogP contribution in [0.5, 0.6) is 0 Å². The molecule has 0 unspecified atom stereocenters. The first-order valence-corrected chi connectivity index (χ1v) is 8.15. The minimum Gasteiger partial charge on any atom is -0.465 e. The van der Waals surface area contributed by atoms with Crippen LogP contribution in [0.1, 0.15) is 54.9 Å². The smallest absolute Gasteiger partial charge is 0.338 e. The van der Waals surface area contributed by atoms with Crippen LogP contribution >= 0.6 is 11.3 Å². The fourth-order valence-electron chi connectivity index (χ4n) is 3.11. The molecule has 0 atom stereocenters. The van der Waals surface area contributed by atoms with E-state index in [1.165, 1.54) is 50.6 Å². The summed E-state index contributed by atoms with van der Waals surface area (Å²) < 4.78 is 5.41. The Hall–Kier alpha value is -0.965. The fourth-order valence-corrected chi connectivity index (χ4v) is 4.31. The van der Waals surface area contributed by atoms with E-state index >= 15 is 0 Å². The molecule has 1 aliphatic carbocycles. The lowest BCUT2D eigenvalue weighted by molar-refractivity contribution is 0.0602. The molecule has 5 heteroatoms. The zero-order chi connectivity index (χ0) is 14.7. The van der Waals surface area contributed by atoms with E-state index < -0.39 is 0 Å². The summed E-state index contributed by atoms with van der Waals surface area (Å²) in [5, 5.41) is 1.14. The molecule has 0 aromatic carbocycles. The van der Waals surface area contributed by atoms with Crippen LogP contribution in [-0.2, 0) is 4.74 Å². The molecule has 0 spiro atoms. The van der Waals surface area contributed by atoms with Crippen molar-refractivity contribution in [2.45, 2.75) is 52.0 Å². The molecule has 2 rings (SSSR count). The summed E-state index contributed by atoms with van der Waals surface area (Å²) in [7, 11) is 7.43. The lowest BCUT2D eigenvalue weighted by Crippen LogP contribution is -2.36. The summed E-state index contributed by atoms with van der Waals surface area (Å²) in [4.78, 5) is 14.3. The fraction of sp³-hybridized carbons (Fsp3) is 0.667. The van der Waals surface area contributed by atoms with Gasteiger partial charge in [0.1, 0.15) is 7.85 Å². The summed E-state index contributed by atoms with van der Waals surface area (Å²) >= 11 is 1.51. The molecule has 2 radical (unpaired) electrons. The third-order valence-electron chi connectivity index (χ3n) is 4.16. The number of ether oxygens (including phenoxy) is 1. The van der Waals surface area contributed by atoms with Crippen molar-refractivity contribution in [3.63, 3.8) is 0 Å². The molecule has 1 saturated carbocycles. The first kappa shape index (κ1) is 15.4. The highest BCUT2D eigenvalue weighted by molar-refractivity contribution is 7.24. The molecule has 0 N–H and O–H groups in total. The van der Waals surface area contributed by atoms with Gasteiger partial charge in [0.05, 0.1) is 17.7 Å². The standard InChI is InChI=1S/C15H22BNO2S/c1-4-17(11-8-6-5-7-9-11)14-10(2)12(13(16)20-14)15(18)19-3/h11H,4-9H2,1-3H3. The van der Waals surface area contributed by atoms with Crippen molar-refractivity contribution in [3.05, 3.63) is 11.1 Å². The van der Waals surface area contributed by atoms with Gasteiger partial charge in [-0.25, -0.2) is 4.79 Å². The van der Waals surface area contributed by atoms with Gasteiger partial charge in [-0.05, 0) is 37.0 Å². The Kier molecular flexibility index (Phi) is 5.14. The maximum atomic E-state index is 11.8. The zero-order valence-corrected chi connectivity index (χ0v) is 13.4. The van der Waals surface area contributed by atoms with Gasteiger partial charge < -0.3 is 9.64 Å². The highest BCUT2D eigenvalue weighted by atomic mass is 32.1. The van der Waals surface area contributed by atoms with Crippen molar-refractivity contribution in [2.75, 3.05) is 18.6 Å². The van der Waals surface area contributed by atoms with Crippen LogP contribution < -0.4 is 9.68 Å². The van der Waals surface area contributed by atoms with E-state index in [0.29, 0.717) is 16.4 Å². The van der Waals surface area contributed by atoms with Crippen molar-refractivity contribution in [1.82, 2.24) is 0 Å². The molecule has 1 aromatic rings. The highest BCUT2D eigenvalue weighted by Crippen LogP contribution is 2.34.